The van der Waals surface area contributed by atoms with Crippen LogP contribution in [-0.4, -0.2) is 48.5 Å². The maximum absolute atomic E-state index is 10.4. The van der Waals surface area contributed by atoms with Crippen LogP contribution >= 0.6 is 0 Å². The molecule has 1 N–H and O–H groups in total. The van der Waals surface area contributed by atoms with Crippen LogP contribution < -0.4 is 9.47 Å². The molecule has 182 valence electrons. The molecule has 0 bridgehead atoms. The Morgan fingerprint density at radius 2 is 1.62 bits per heavy atom. The summed E-state index contributed by atoms with van der Waals surface area (Å²) in [5, 5.41) is 12.8. The average Bonchev–Trinajstić information content (AvgIpc) is 3.13. The van der Waals surface area contributed by atoms with Gasteiger partial charge in [-0.05, 0) is 73.8 Å². The summed E-state index contributed by atoms with van der Waals surface area (Å²) in [6.45, 7) is 8.20. The normalized spacial score (nSPS) is 16.7. The van der Waals surface area contributed by atoms with Crippen molar-refractivity contribution in [2.75, 3.05) is 32.8 Å². The zero-order valence-corrected chi connectivity index (χ0v) is 20.8. The lowest BCUT2D eigenvalue weighted by atomic mass is 9.97. The van der Waals surface area contributed by atoms with E-state index in [0.29, 0.717) is 6.42 Å². The zero-order chi connectivity index (χ0) is 23.8. The lowest BCUT2D eigenvalue weighted by Gasteiger charge is -2.23. The van der Waals surface area contributed by atoms with E-state index in [0.717, 1.165) is 36.6 Å². The molecular weight excluding hydrogens is 422 g/mol. The molecule has 0 spiro atoms. The van der Waals surface area contributed by atoms with Gasteiger partial charge in [0, 0.05) is 18.5 Å². The molecule has 1 unspecified atom stereocenters. The van der Waals surface area contributed by atoms with Crippen molar-refractivity contribution in [3.63, 3.8) is 0 Å². The van der Waals surface area contributed by atoms with Crippen molar-refractivity contribution < 1.29 is 14.6 Å². The van der Waals surface area contributed by atoms with Crippen LogP contribution in [0.3, 0.4) is 0 Å². The third-order valence-electron chi connectivity index (χ3n) is 6.98. The van der Waals surface area contributed by atoms with Crippen molar-refractivity contribution >= 4 is 10.8 Å². The second kappa shape index (κ2) is 11.7. The minimum Gasteiger partial charge on any atom is -0.492 e. The fourth-order valence-corrected chi connectivity index (χ4v) is 4.53. The summed E-state index contributed by atoms with van der Waals surface area (Å²) in [5.74, 6) is 1.76. The number of benzene rings is 3. The van der Waals surface area contributed by atoms with Crippen LogP contribution in [0.25, 0.3) is 10.8 Å². The Bertz CT molecular complexity index is 1040. The van der Waals surface area contributed by atoms with Crippen LogP contribution in [0.1, 0.15) is 57.1 Å². The van der Waals surface area contributed by atoms with E-state index in [1.165, 1.54) is 55.1 Å². The molecule has 1 saturated heterocycles. The van der Waals surface area contributed by atoms with Crippen LogP contribution in [0.15, 0.2) is 60.7 Å². The summed E-state index contributed by atoms with van der Waals surface area (Å²) >= 11 is 0. The van der Waals surface area contributed by atoms with Crippen LogP contribution in [0.5, 0.6) is 11.5 Å². The average molecular weight is 462 g/mol. The van der Waals surface area contributed by atoms with Gasteiger partial charge in [0.05, 0.1) is 5.60 Å². The summed E-state index contributed by atoms with van der Waals surface area (Å²) in [6.07, 6.45) is 6.75. The maximum Gasteiger partial charge on any atom is 0.123 e. The van der Waals surface area contributed by atoms with E-state index in [4.69, 9.17) is 9.47 Å². The molecule has 0 aromatic heterocycles. The molecule has 1 atom stereocenters. The molecule has 0 saturated carbocycles. The van der Waals surface area contributed by atoms with E-state index in [9.17, 15) is 5.11 Å². The Morgan fingerprint density at radius 1 is 0.882 bits per heavy atom. The number of hydrogen-bond acceptors (Lipinski definition) is 4. The molecular formula is C30H39NO3. The minimum absolute atomic E-state index is 0.276. The SMILES string of the molecule is CCC(C)(O)COc1ccc2ccccc2c1Cc1ccc(OCCN2CCCCCC2)cc1. The summed E-state index contributed by atoms with van der Waals surface area (Å²) < 4.78 is 12.2. The van der Waals surface area contributed by atoms with Crippen LogP contribution in [0.4, 0.5) is 0 Å². The number of hydrogen-bond donors (Lipinski definition) is 1. The van der Waals surface area contributed by atoms with Crippen LogP contribution in [-0.2, 0) is 6.42 Å². The molecule has 0 amide bonds. The molecule has 0 radical (unpaired) electrons. The van der Waals surface area contributed by atoms with E-state index in [1.807, 2.05) is 19.9 Å². The topological polar surface area (TPSA) is 41.9 Å². The number of likely N-dealkylation sites (tertiary alicyclic amines) is 1. The van der Waals surface area contributed by atoms with Crippen molar-refractivity contribution in [3.8, 4) is 11.5 Å². The first-order valence-corrected chi connectivity index (χ1v) is 12.8. The lowest BCUT2D eigenvalue weighted by molar-refractivity contribution is 0.00827. The Morgan fingerprint density at radius 3 is 2.35 bits per heavy atom. The Balaban J connectivity index is 1.43. The first kappa shape index (κ1) is 24.6. The van der Waals surface area contributed by atoms with Crippen LogP contribution in [0, 0.1) is 0 Å². The van der Waals surface area contributed by atoms with Crippen molar-refractivity contribution in [3.05, 3.63) is 71.8 Å². The van der Waals surface area contributed by atoms with Gasteiger partial charge in [0.1, 0.15) is 24.7 Å². The Labute approximate surface area is 204 Å². The molecule has 4 heteroatoms. The minimum atomic E-state index is -0.838. The van der Waals surface area contributed by atoms with Crippen molar-refractivity contribution in [2.45, 2.75) is 58.0 Å². The van der Waals surface area contributed by atoms with Gasteiger partial charge in [-0.3, -0.25) is 4.90 Å². The first-order valence-electron chi connectivity index (χ1n) is 12.8. The Hall–Kier alpha value is -2.56. The molecule has 34 heavy (non-hydrogen) atoms. The Kier molecular flexibility index (Phi) is 8.47. The largest absolute Gasteiger partial charge is 0.492 e. The van der Waals surface area contributed by atoms with Gasteiger partial charge in [-0.15, -0.1) is 0 Å². The highest BCUT2D eigenvalue weighted by Crippen LogP contribution is 2.31. The summed E-state index contributed by atoms with van der Waals surface area (Å²) in [5.41, 5.74) is 1.53. The van der Waals surface area contributed by atoms with Gasteiger partial charge in [0.2, 0.25) is 0 Å². The van der Waals surface area contributed by atoms with E-state index < -0.39 is 5.60 Å². The summed E-state index contributed by atoms with van der Waals surface area (Å²) in [4.78, 5) is 2.53. The van der Waals surface area contributed by atoms with Gasteiger partial charge in [-0.1, -0.05) is 62.2 Å². The fourth-order valence-electron chi connectivity index (χ4n) is 4.53. The number of aliphatic hydroxyl groups is 1. The van der Waals surface area contributed by atoms with E-state index in [-0.39, 0.29) is 6.61 Å². The molecule has 3 aromatic rings. The van der Waals surface area contributed by atoms with Crippen molar-refractivity contribution in [2.24, 2.45) is 0 Å². The molecule has 1 heterocycles. The zero-order valence-electron chi connectivity index (χ0n) is 20.8. The lowest BCUT2D eigenvalue weighted by Crippen LogP contribution is -2.31. The highest BCUT2D eigenvalue weighted by molar-refractivity contribution is 5.88. The smallest absolute Gasteiger partial charge is 0.123 e. The maximum atomic E-state index is 10.4. The highest BCUT2D eigenvalue weighted by atomic mass is 16.5. The van der Waals surface area contributed by atoms with Crippen molar-refractivity contribution in [1.29, 1.82) is 0 Å². The molecule has 4 nitrogen and oxygen atoms in total. The van der Waals surface area contributed by atoms with E-state index in [1.54, 1.807) is 0 Å². The molecule has 1 aliphatic heterocycles. The standard InChI is InChI=1S/C30H39NO3/c1-3-30(2,32)23-34-29-17-14-25-10-6-7-11-27(25)28(29)22-24-12-15-26(16-13-24)33-21-20-31-18-8-4-5-9-19-31/h6-7,10-17,32H,3-5,8-9,18-23H2,1-2H3. The summed E-state index contributed by atoms with van der Waals surface area (Å²) in [7, 11) is 0. The molecule has 3 aromatic carbocycles. The van der Waals surface area contributed by atoms with E-state index in [2.05, 4.69) is 59.5 Å². The van der Waals surface area contributed by atoms with Gasteiger partial charge >= 0.3 is 0 Å². The van der Waals surface area contributed by atoms with Gasteiger partial charge in [0.15, 0.2) is 0 Å². The molecule has 4 rings (SSSR count). The predicted molar refractivity (Wildman–Crippen MR) is 140 cm³/mol. The fraction of sp³-hybridized carbons (Fsp3) is 0.467. The summed E-state index contributed by atoms with van der Waals surface area (Å²) in [6, 6.07) is 21.0. The molecule has 0 aliphatic carbocycles. The van der Waals surface area contributed by atoms with Gasteiger partial charge < -0.3 is 14.6 Å². The number of nitrogens with zero attached hydrogens (tertiary/aromatic N) is 1. The van der Waals surface area contributed by atoms with Gasteiger partial charge in [0.25, 0.3) is 0 Å². The molecule has 1 fully saturated rings. The third-order valence-corrected chi connectivity index (χ3v) is 6.98. The number of fused-ring (bicyclic) bond motifs is 1. The quantitative estimate of drug-likeness (QED) is 0.389. The van der Waals surface area contributed by atoms with Crippen LogP contribution in [0.2, 0.25) is 0 Å². The first-order chi connectivity index (χ1) is 16.5. The van der Waals surface area contributed by atoms with Gasteiger partial charge in [-0.2, -0.15) is 0 Å². The second-order valence-corrected chi connectivity index (χ2v) is 9.83. The third kappa shape index (κ3) is 6.74. The monoisotopic (exact) mass is 461 g/mol. The van der Waals surface area contributed by atoms with E-state index >= 15 is 0 Å². The highest BCUT2D eigenvalue weighted by Gasteiger charge is 2.20. The van der Waals surface area contributed by atoms with Gasteiger partial charge in [-0.25, -0.2) is 0 Å². The second-order valence-electron chi connectivity index (χ2n) is 9.83. The van der Waals surface area contributed by atoms with Crippen molar-refractivity contribution in [1.82, 2.24) is 4.90 Å². The number of rotatable bonds is 10. The number of ether oxygens (including phenoxy) is 2. The molecule has 1 aliphatic rings. The predicted octanol–water partition coefficient (Wildman–Crippen LogP) is 6.23.